The first-order valence-corrected chi connectivity index (χ1v) is 14.3. The number of benzene rings is 2. The van der Waals surface area contributed by atoms with Crippen LogP contribution in [0.3, 0.4) is 0 Å². The summed E-state index contributed by atoms with van der Waals surface area (Å²) in [5, 5.41) is 15.6. The van der Waals surface area contributed by atoms with Crippen LogP contribution in [-0.4, -0.2) is 68.8 Å². The molecule has 2 N–H and O–H groups in total. The number of rotatable bonds is 4. The first kappa shape index (κ1) is 27.5. The minimum Gasteiger partial charge on any atom is -0.387 e. The lowest BCUT2D eigenvalue weighted by atomic mass is 9.66. The van der Waals surface area contributed by atoms with E-state index in [1.54, 1.807) is 0 Å². The van der Waals surface area contributed by atoms with Gasteiger partial charge in [-0.25, -0.2) is 18.6 Å². The maximum Gasteiger partial charge on any atom is 0.320 e. The highest BCUT2D eigenvalue weighted by Gasteiger charge is 2.56. The quantitative estimate of drug-likeness (QED) is 0.502. The highest BCUT2D eigenvalue weighted by molar-refractivity contribution is 5.75. The lowest BCUT2D eigenvalue weighted by molar-refractivity contribution is -0.137. The Kier molecular flexibility index (Phi) is 7.37. The van der Waals surface area contributed by atoms with Gasteiger partial charge in [0.1, 0.15) is 0 Å². The molecule has 2 atom stereocenters. The highest BCUT2D eigenvalue weighted by atomic mass is 19.2. The van der Waals surface area contributed by atoms with Crippen LogP contribution in [0, 0.1) is 17.0 Å². The highest BCUT2D eigenvalue weighted by Crippen LogP contribution is 2.51. The molecule has 1 spiro atoms. The van der Waals surface area contributed by atoms with Gasteiger partial charge in [-0.2, -0.15) is 0 Å². The molecule has 2 amide bonds. The number of urea groups is 1. The molecule has 0 radical (unpaired) electrons. The predicted molar refractivity (Wildman–Crippen MR) is 150 cm³/mol. The fraction of sp³-hybridized carbons (Fsp3) is 0.452. The summed E-state index contributed by atoms with van der Waals surface area (Å²) in [6, 6.07) is 14.9. The summed E-state index contributed by atoms with van der Waals surface area (Å²) >= 11 is 0. The van der Waals surface area contributed by atoms with Crippen molar-refractivity contribution in [2.24, 2.45) is 5.41 Å². The van der Waals surface area contributed by atoms with Crippen LogP contribution in [0.5, 0.6) is 0 Å². The molecule has 1 aromatic heterocycles. The summed E-state index contributed by atoms with van der Waals surface area (Å²) < 4.78 is 29.4. The number of piperazine rings is 1. The van der Waals surface area contributed by atoms with E-state index in [-0.39, 0.29) is 29.9 Å². The second kappa shape index (κ2) is 11.0. The van der Waals surface area contributed by atoms with Crippen molar-refractivity contribution in [1.82, 2.24) is 24.7 Å². The van der Waals surface area contributed by atoms with Crippen molar-refractivity contribution >= 4 is 6.03 Å². The van der Waals surface area contributed by atoms with Crippen LogP contribution < -0.4 is 10.9 Å². The monoisotopic (exact) mass is 563 g/mol. The van der Waals surface area contributed by atoms with E-state index in [9.17, 15) is 23.5 Å². The number of carbonyl (C=O) groups is 1. The molecule has 3 heterocycles. The number of nitrogens with one attached hydrogen (secondary N) is 1. The normalized spacial score (nSPS) is 24.1. The SMILES string of the molecule is O=C(N1CC[C@@](O)(Cn2cnc(-c3cccc(F)c3F)cc2=O)C2(CCCC2)C1)N1CCNC[C@H]1c1ccccc1. The zero-order chi connectivity index (χ0) is 28.6. The minimum absolute atomic E-state index is 0.0195. The van der Waals surface area contributed by atoms with Crippen molar-refractivity contribution in [2.45, 2.75) is 50.3 Å². The lowest BCUT2D eigenvalue weighted by Crippen LogP contribution is -2.64. The summed E-state index contributed by atoms with van der Waals surface area (Å²) in [7, 11) is 0. The van der Waals surface area contributed by atoms with Gasteiger partial charge in [0.15, 0.2) is 11.6 Å². The molecule has 0 unspecified atom stereocenters. The van der Waals surface area contributed by atoms with E-state index in [0.29, 0.717) is 32.6 Å². The van der Waals surface area contributed by atoms with Crippen LogP contribution in [0.15, 0.2) is 65.7 Å². The van der Waals surface area contributed by atoms with Gasteiger partial charge in [-0.3, -0.25) is 9.36 Å². The number of carbonyl (C=O) groups excluding carboxylic acids is 1. The fourth-order valence-electron chi connectivity index (χ4n) is 7.03. The smallest absolute Gasteiger partial charge is 0.320 e. The van der Waals surface area contributed by atoms with Crippen molar-refractivity contribution in [2.75, 3.05) is 32.7 Å². The molecule has 2 aromatic carbocycles. The molecule has 1 saturated carbocycles. The number of halogens is 2. The van der Waals surface area contributed by atoms with Gasteiger partial charge in [0.2, 0.25) is 0 Å². The molecule has 41 heavy (non-hydrogen) atoms. The van der Waals surface area contributed by atoms with Crippen LogP contribution in [0.2, 0.25) is 0 Å². The summed E-state index contributed by atoms with van der Waals surface area (Å²) in [4.78, 5) is 35.1. The van der Waals surface area contributed by atoms with Gasteiger partial charge in [-0.1, -0.05) is 49.2 Å². The second-order valence-electron chi connectivity index (χ2n) is 11.6. The lowest BCUT2D eigenvalue weighted by Gasteiger charge is -2.53. The molecule has 0 bridgehead atoms. The van der Waals surface area contributed by atoms with Gasteiger partial charge >= 0.3 is 6.03 Å². The van der Waals surface area contributed by atoms with Gasteiger partial charge in [-0.15, -0.1) is 0 Å². The van der Waals surface area contributed by atoms with Gasteiger partial charge in [-0.05, 0) is 37.0 Å². The molecule has 3 aromatic rings. The maximum absolute atomic E-state index is 14.3. The van der Waals surface area contributed by atoms with E-state index >= 15 is 0 Å². The molecule has 3 aliphatic rings. The van der Waals surface area contributed by atoms with Crippen LogP contribution in [-0.2, 0) is 6.54 Å². The molecule has 2 saturated heterocycles. The predicted octanol–water partition coefficient (Wildman–Crippen LogP) is 3.95. The number of hydrogen-bond acceptors (Lipinski definition) is 5. The largest absolute Gasteiger partial charge is 0.387 e. The topological polar surface area (TPSA) is 90.7 Å². The average Bonchev–Trinajstić information content (AvgIpc) is 3.47. The van der Waals surface area contributed by atoms with E-state index < -0.39 is 28.2 Å². The Morgan fingerprint density at radius 3 is 2.59 bits per heavy atom. The molecule has 1 aliphatic carbocycles. The summed E-state index contributed by atoms with van der Waals surface area (Å²) in [6.45, 7) is 2.83. The third-order valence-electron chi connectivity index (χ3n) is 9.32. The Labute approximate surface area is 237 Å². The molecule has 8 nitrogen and oxygen atoms in total. The third kappa shape index (κ3) is 5.04. The average molecular weight is 564 g/mol. The van der Waals surface area contributed by atoms with Gasteiger partial charge in [0.05, 0.1) is 30.2 Å². The van der Waals surface area contributed by atoms with E-state index in [2.05, 4.69) is 10.3 Å². The first-order valence-electron chi connectivity index (χ1n) is 14.3. The Morgan fingerprint density at radius 2 is 1.83 bits per heavy atom. The second-order valence-corrected chi connectivity index (χ2v) is 11.6. The van der Waals surface area contributed by atoms with E-state index in [0.717, 1.165) is 43.9 Å². The molecule has 216 valence electrons. The van der Waals surface area contributed by atoms with Crippen molar-refractivity contribution in [1.29, 1.82) is 0 Å². The van der Waals surface area contributed by atoms with Crippen LogP contribution >= 0.6 is 0 Å². The third-order valence-corrected chi connectivity index (χ3v) is 9.32. The number of piperidine rings is 1. The Morgan fingerprint density at radius 1 is 1.05 bits per heavy atom. The number of hydrogen-bond donors (Lipinski definition) is 2. The number of aliphatic hydroxyl groups is 1. The van der Waals surface area contributed by atoms with Gasteiger partial charge in [0, 0.05) is 49.8 Å². The number of likely N-dealkylation sites (tertiary alicyclic amines) is 1. The maximum atomic E-state index is 14.3. The summed E-state index contributed by atoms with van der Waals surface area (Å²) in [6.07, 6.45) is 5.02. The van der Waals surface area contributed by atoms with Crippen molar-refractivity contribution in [3.05, 3.63) is 88.5 Å². The van der Waals surface area contributed by atoms with Crippen LogP contribution in [0.4, 0.5) is 13.6 Å². The zero-order valence-electron chi connectivity index (χ0n) is 22.9. The zero-order valence-corrected chi connectivity index (χ0v) is 22.9. The van der Waals surface area contributed by atoms with E-state index in [4.69, 9.17) is 0 Å². The molecule has 3 fully saturated rings. The Hall–Kier alpha value is -3.63. The minimum atomic E-state index is -1.22. The molecule has 6 rings (SSSR count). The number of nitrogens with zero attached hydrogens (tertiary/aromatic N) is 4. The van der Waals surface area contributed by atoms with Gasteiger partial charge in [0.25, 0.3) is 5.56 Å². The first-order chi connectivity index (χ1) is 19.8. The number of aromatic nitrogens is 2. The van der Waals surface area contributed by atoms with Crippen LogP contribution in [0.25, 0.3) is 11.3 Å². The van der Waals surface area contributed by atoms with Crippen molar-refractivity contribution in [3.63, 3.8) is 0 Å². The fourth-order valence-corrected chi connectivity index (χ4v) is 7.03. The standard InChI is InChI=1S/C31H35F2N5O3/c32-24-10-6-9-23(28(24)33)25-17-27(39)37(21-35-25)20-31(41)13-15-36(19-30(31)11-4-5-12-30)29(40)38-16-14-34-18-26(38)22-7-2-1-3-8-22/h1-3,6-10,17,21,26,34,41H,4-5,11-16,18-20H2/t26-,31+/m0/s1. The summed E-state index contributed by atoms with van der Waals surface area (Å²) in [5.74, 6) is -2.07. The van der Waals surface area contributed by atoms with E-state index in [1.807, 2.05) is 40.1 Å². The molecular weight excluding hydrogens is 528 g/mol. The molecule has 2 aliphatic heterocycles. The van der Waals surface area contributed by atoms with E-state index in [1.165, 1.54) is 29.1 Å². The molecular formula is C31H35F2N5O3. The number of amides is 2. The Bertz CT molecular complexity index is 1480. The summed E-state index contributed by atoms with van der Waals surface area (Å²) in [5.41, 5.74) is -1.19. The van der Waals surface area contributed by atoms with Crippen molar-refractivity contribution < 1.29 is 18.7 Å². The van der Waals surface area contributed by atoms with Crippen molar-refractivity contribution in [3.8, 4) is 11.3 Å². The molecule has 10 heteroatoms. The Balaban J connectivity index is 1.23. The van der Waals surface area contributed by atoms with Gasteiger partial charge < -0.3 is 20.2 Å². The van der Waals surface area contributed by atoms with Crippen LogP contribution in [0.1, 0.15) is 43.7 Å².